The van der Waals surface area contributed by atoms with Gasteiger partial charge in [0, 0.05) is 5.69 Å². The number of hydrogen-bond acceptors (Lipinski definition) is 2. The second-order valence-electron chi connectivity index (χ2n) is 4.14. The van der Waals surface area contributed by atoms with Crippen LogP contribution in [-0.2, 0) is 11.2 Å². The maximum atomic E-state index is 5.50. The summed E-state index contributed by atoms with van der Waals surface area (Å²) in [6.45, 7) is 3.06. The standard InChI is InChI=1S/C14H19NO/c1-2-12-6-8-13(9-7-12)15-11-14-5-3-4-10-16-14/h4,6-10,14-15H,2-3,5,11H2,1H3. The van der Waals surface area contributed by atoms with Crippen LogP contribution >= 0.6 is 0 Å². The van der Waals surface area contributed by atoms with Crippen LogP contribution in [-0.4, -0.2) is 12.6 Å². The molecule has 16 heavy (non-hydrogen) atoms. The van der Waals surface area contributed by atoms with Crippen LogP contribution in [0.2, 0.25) is 0 Å². The lowest BCUT2D eigenvalue weighted by atomic mass is 10.1. The maximum absolute atomic E-state index is 5.50. The predicted octanol–water partition coefficient (Wildman–Crippen LogP) is 3.35. The average Bonchev–Trinajstić information content (AvgIpc) is 2.38. The first-order valence-corrected chi connectivity index (χ1v) is 6.02. The summed E-state index contributed by atoms with van der Waals surface area (Å²) in [6, 6.07) is 8.61. The molecule has 0 amide bonds. The van der Waals surface area contributed by atoms with E-state index in [9.17, 15) is 0 Å². The summed E-state index contributed by atoms with van der Waals surface area (Å²) < 4.78 is 5.50. The molecule has 2 nitrogen and oxygen atoms in total. The molecule has 0 spiro atoms. The molecule has 1 unspecified atom stereocenters. The summed E-state index contributed by atoms with van der Waals surface area (Å²) in [5.41, 5.74) is 2.55. The van der Waals surface area contributed by atoms with Gasteiger partial charge in [-0.2, -0.15) is 0 Å². The highest BCUT2D eigenvalue weighted by atomic mass is 16.5. The second kappa shape index (κ2) is 5.59. The van der Waals surface area contributed by atoms with Crippen molar-refractivity contribution in [1.82, 2.24) is 0 Å². The fraction of sp³-hybridized carbons (Fsp3) is 0.429. The van der Waals surface area contributed by atoms with Gasteiger partial charge in [-0.25, -0.2) is 0 Å². The SMILES string of the molecule is CCc1ccc(NCC2CCC=CO2)cc1. The summed E-state index contributed by atoms with van der Waals surface area (Å²) in [4.78, 5) is 0. The topological polar surface area (TPSA) is 21.3 Å². The van der Waals surface area contributed by atoms with Gasteiger partial charge in [-0.15, -0.1) is 0 Å². The highest BCUT2D eigenvalue weighted by molar-refractivity contribution is 5.44. The van der Waals surface area contributed by atoms with Gasteiger partial charge >= 0.3 is 0 Å². The Morgan fingerprint density at radius 1 is 1.31 bits per heavy atom. The molecular formula is C14H19NO. The third-order valence-electron chi connectivity index (χ3n) is 2.92. The van der Waals surface area contributed by atoms with Gasteiger partial charge in [-0.3, -0.25) is 0 Å². The van der Waals surface area contributed by atoms with Crippen molar-refractivity contribution in [2.24, 2.45) is 0 Å². The minimum atomic E-state index is 0.316. The molecule has 1 aliphatic heterocycles. The van der Waals surface area contributed by atoms with Gasteiger partial charge < -0.3 is 10.1 Å². The smallest absolute Gasteiger partial charge is 0.115 e. The van der Waals surface area contributed by atoms with Gasteiger partial charge in [0.1, 0.15) is 6.10 Å². The zero-order valence-corrected chi connectivity index (χ0v) is 9.78. The first-order valence-electron chi connectivity index (χ1n) is 6.02. The van der Waals surface area contributed by atoms with Crippen LogP contribution in [0, 0.1) is 0 Å². The van der Waals surface area contributed by atoms with E-state index in [0.717, 1.165) is 25.8 Å². The Labute approximate surface area is 97.3 Å². The summed E-state index contributed by atoms with van der Waals surface area (Å²) in [5, 5.41) is 3.41. The Morgan fingerprint density at radius 2 is 2.12 bits per heavy atom. The number of rotatable bonds is 4. The summed E-state index contributed by atoms with van der Waals surface area (Å²) >= 11 is 0. The van der Waals surface area contributed by atoms with Crippen molar-refractivity contribution in [2.75, 3.05) is 11.9 Å². The molecule has 1 aliphatic rings. The first-order chi connectivity index (χ1) is 7.88. The van der Waals surface area contributed by atoms with Crippen molar-refractivity contribution in [1.29, 1.82) is 0 Å². The Morgan fingerprint density at radius 3 is 2.75 bits per heavy atom. The monoisotopic (exact) mass is 217 g/mol. The molecular weight excluding hydrogens is 198 g/mol. The number of anilines is 1. The van der Waals surface area contributed by atoms with Crippen LogP contribution in [0.25, 0.3) is 0 Å². The summed E-state index contributed by atoms with van der Waals surface area (Å²) in [7, 11) is 0. The molecule has 0 saturated carbocycles. The molecule has 0 aromatic heterocycles. The van der Waals surface area contributed by atoms with Gasteiger partial charge in [0.15, 0.2) is 0 Å². The molecule has 0 aliphatic carbocycles. The Hall–Kier alpha value is -1.44. The van der Waals surface area contributed by atoms with Crippen LogP contribution in [0.4, 0.5) is 5.69 Å². The van der Waals surface area contributed by atoms with E-state index in [1.54, 1.807) is 0 Å². The van der Waals surface area contributed by atoms with E-state index in [1.807, 2.05) is 6.26 Å². The van der Waals surface area contributed by atoms with E-state index in [-0.39, 0.29) is 0 Å². The highest BCUT2D eigenvalue weighted by Crippen LogP contribution is 2.13. The minimum Gasteiger partial charge on any atom is -0.497 e. The third-order valence-corrected chi connectivity index (χ3v) is 2.92. The molecule has 0 fully saturated rings. The molecule has 0 bridgehead atoms. The average molecular weight is 217 g/mol. The van der Waals surface area contributed by atoms with Crippen molar-refractivity contribution < 1.29 is 4.74 Å². The van der Waals surface area contributed by atoms with Crippen molar-refractivity contribution in [2.45, 2.75) is 32.3 Å². The number of hydrogen-bond donors (Lipinski definition) is 1. The fourth-order valence-corrected chi connectivity index (χ4v) is 1.83. The molecule has 1 atom stereocenters. The van der Waals surface area contributed by atoms with Crippen molar-refractivity contribution in [3.05, 3.63) is 42.2 Å². The third kappa shape index (κ3) is 3.02. The van der Waals surface area contributed by atoms with Gasteiger partial charge in [0.05, 0.1) is 12.8 Å². The van der Waals surface area contributed by atoms with Crippen molar-refractivity contribution in [3.8, 4) is 0 Å². The molecule has 0 radical (unpaired) electrons. The molecule has 1 aromatic carbocycles. The van der Waals surface area contributed by atoms with Gasteiger partial charge in [-0.05, 0) is 43.0 Å². The quantitative estimate of drug-likeness (QED) is 0.835. The van der Waals surface area contributed by atoms with Crippen LogP contribution < -0.4 is 5.32 Å². The summed E-state index contributed by atoms with van der Waals surface area (Å²) in [6.07, 6.45) is 7.53. The zero-order chi connectivity index (χ0) is 11.2. The molecule has 1 heterocycles. The van der Waals surface area contributed by atoms with Gasteiger partial charge in [0.25, 0.3) is 0 Å². The Balaban J connectivity index is 1.82. The van der Waals surface area contributed by atoms with Gasteiger partial charge in [-0.1, -0.05) is 19.1 Å². The lowest BCUT2D eigenvalue weighted by Gasteiger charge is -2.20. The highest BCUT2D eigenvalue weighted by Gasteiger charge is 2.09. The van der Waals surface area contributed by atoms with Crippen LogP contribution in [0.5, 0.6) is 0 Å². The molecule has 2 heteroatoms. The van der Waals surface area contributed by atoms with Gasteiger partial charge in [0.2, 0.25) is 0 Å². The molecule has 0 saturated heterocycles. The number of ether oxygens (including phenoxy) is 1. The number of nitrogens with one attached hydrogen (secondary N) is 1. The molecule has 1 aromatic rings. The predicted molar refractivity (Wildman–Crippen MR) is 67.6 cm³/mol. The Kier molecular flexibility index (Phi) is 3.86. The number of aryl methyl sites for hydroxylation is 1. The molecule has 86 valence electrons. The largest absolute Gasteiger partial charge is 0.497 e. The van der Waals surface area contributed by atoms with E-state index in [0.29, 0.717) is 6.10 Å². The zero-order valence-electron chi connectivity index (χ0n) is 9.78. The number of allylic oxidation sites excluding steroid dienone is 1. The minimum absolute atomic E-state index is 0.316. The van der Waals surface area contributed by atoms with Crippen LogP contribution in [0.15, 0.2) is 36.6 Å². The lowest BCUT2D eigenvalue weighted by molar-refractivity contribution is 0.135. The van der Waals surface area contributed by atoms with Crippen molar-refractivity contribution in [3.63, 3.8) is 0 Å². The second-order valence-corrected chi connectivity index (χ2v) is 4.14. The first kappa shape index (κ1) is 11.1. The molecule has 1 N–H and O–H groups in total. The summed E-state index contributed by atoms with van der Waals surface area (Å²) in [5.74, 6) is 0. The number of benzene rings is 1. The maximum Gasteiger partial charge on any atom is 0.115 e. The Bertz CT molecular complexity index is 342. The lowest BCUT2D eigenvalue weighted by Crippen LogP contribution is -2.22. The van der Waals surface area contributed by atoms with Crippen LogP contribution in [0.3, 0.4) is 0 Å². The van der Waals surface area contributed by atoms with E-state index >= 15 is 0 Å². The van der Waals surface area contributed by atoms with E-state index in [4.69, 9.17) is 4.74 Å². The fourth-order valence-electron chi connectivity index (χ4n) is 1.83. The van der Waals surface area contributed by atoms with Crippen molar-refractivity contribution >= 4 is 5.69 Å². The molecule has 2 rings (SSSR count). The van der Waals surface area contributed by atoms with Crippen LogP contribution in [0.1, 0.15) is 25.3 Å². The van der Waals surface area contributed by atoms with E-state index < -0.39 is 0 Å². The van der Waals surface area contributed by atoms with E-state index in [1.165, 1.54) is 11.3 Å². The normalized spacial score (nSPS) is 19.2. The van der Waals surface area contributed by atoms with E-state index in [2.05, 4.69) is 42.6 Å².